The average molecular weight is 680 g/mol. The number of methoxy groups -OCH3 is 1. The Morgan fingerprint density at radius 3 is 2.41 bits per heavy atom. The summed E-state index contributed by atoms with van der Waals surface area (Å²) < 4.78 is 17.9. The fraction of sp³-hybridized carbons (Fsp3) is 0.595. The Hall–Kier alpha value is -3.39. The molecule has 0 aromatic heterocycles. The number of carbonyl (C=O) groups excluding carboxylic acids is 3. The normalized spacial score (nSPS) is 35.9. The molecule has 0 amide bonds. The molecule has 9 atom stereocenters. The summed E-state index contributed by atoms with van der Waals surface area (Å²) in [5.74, 6) is -2.67. The van der Waals surface area contributed by atoms with E-state index in [9.17, 15) is 39.9 Å². The second kappa shape index (κ2) is 11.6. The number of nitrogens with one attached hydrogen (secondary N) is 1. The van der Waals surface area contributed by atoms with Crippen molar-refractivity contribution in [2.24, 2.45) is 17.3 Å². The van der Waals surface area contributed by atoms with Crippen molar-refractivity contribution in [2.75, 3.05) is 13.7 Å². The van der Waals surface area contributed by atoms with Crippen LogP contribution in [0.25, 0.3) is 0 Å². The lowest BCUT2D eigenvalue weighted by Gasteiger charge is -2.70. The minimum Gasteiger partial charge on any atom is -0.507 e. The summed E-state index contributed by atoms with van der Waals surface area (Å²) in [6.07, 6.45) is -1.46. The molecule has 6 N–H and O–H groups in total. The van der Waals surface area contributed by atoms with Crippen LogP contribution in [-0.2, 0) is 20.7 Å². The van der Waals surface area contributed by atoms with Crippen LogP contribution in [0.2, 0.25) is 0 Å². The number of hydrogen-bond acceptors (Lipinski definition) is 12. The Morgan fingerprint density at radius 2 is 1.76 bits per heavy atom. The molecule has 1 saturated heterocycles. The summed E-state index contributed by atoms with van der Waals surface area (Å²) >= 11 is 0. The number of Topliss-reactive ketones (excluding diaryl/α,β-unsaturated/α-hetero) is 1. The van der Waals surface area contributed by atoms with Gasteiger partial charge in [-0.25, -0.2) is 0 Å². The highest BCUT2D eigenvalue weighted by Gasteiger charge is 2.65. The first-order chi connectivity index (χ1) is 23.1. The molecular formula is C37H45NO11. The van der Waals surface area contributed by atoms with Crippen molar-refractivity contribution in [3.05, 3.63) is 51.6 Å². The van der Waals surface area contributed by atoms with Gasteiger partial charge >= 0.3 is 0 Å². The summed E-state index contributed by atoms with van der Waals surface area (Å²) in [7, 11) is 1.35. The molecule has 4 fully saturated rings. The van der Waals surface area contributed by atoms with Crippen molar-refractivity contribution in [2.45, 2.75) is 108 Å². The summed E-state index contributed by atoms with van der Waals surface area (Å²) in [5, 5.41) is 59.9. The van der Waals surface area contributed by atoms with E-state index in [-0.39, 0.29) is 45.4 Å². The molecule has 8 rings (SSSR count). The van der Waals surface area contributed by atoms with Gasteiger partial charge in [-0.1, -0.05) is 32.9 Å². The van der Waals surface area contributed by atoms with Gasteiger partial charge in [-0.3, -0.25) is 14.4 Å². The molecule has 49 heavy (non-hydrogen) atoms. The van der Waals surface area contributed by atoms with Gasteiger partial charge in [-0.15, -0.1) is 0 Å². The number of phenols is 2. The van der Waals surface area contributed by atoms with Gasteiger partial charge < -0.3 is 45.1 Å². The lowest BCUT2D eigenvalue weighted by molar-refractivity contribution is -0.257. The average Bonchev–Trinajstić information content (AvgIpc) is 3.06. The highest BCUT2D eigenvalue weighted by Crippen LogP contribution is 2.64. The maximum absolute atomic E-state index is 14.0. The first kappa shape index (κ1) is 34.1. The Labute approximate surface area is 284 Å². The third-order valence-corrected chi connectivity index (χ3v) is 12.7. The van der Waals surface area contributed by atoms with E-state index in [1.807, 2.05) is 0 Å². The van der Waals surface area contributed by atoms with Crippen LogP contribution in [0.4, 0.5) is 0 Å². The quantitative estimate of drug-likeness (QED) is 0.201. The third-order valence-electron chi connectivity index (χ3n) is 12.7. The minimum absolute atomic E-state index is 0.0133. The zero-order valence-electron chi connectivity index (χ0n) is 28.4. The van der Waals surface area contributed by atoms with Gasteiger partial charge in [-0.05, 0) is 49.5 Å². The predicted molar refractivity (Wildman–Crippen MR) is 174 cm³/mol. The number of phenolic OH excluding ortho intramolecular Hbond substituents is 2. The van der Waals surface area contributed by atoms with Crippen molar-refractivity contribution >= 4 is 17.3 Å². The topological polar surface area (TPSA) is 192 Å². The van der Waals surface area contributed by atoms with E-state index >= 15 is 0 Å². The third kappa shape index (κ3) is 4.75. The highest BCUT2D eigenvalue weighted by molar-refractivity contribution is 6.31. The largest absolute Gasteiger partial charge is 0.507 e. The van der Waals surface area contributed by atoms with Gasteiger partial charge in [0.15, 0.2) is 17.9 Å². The van der Waals surface area contributed by atoms with E-state index in [2.05, 4.69) is 26.1 Å². The van der Waals surface area contributed by atoms with E-state index < -0.39 is 95.7 Å². The van der Waals surface area contributed by atoms with Crippen LogP contribution in [0, 0.1) is 17.3 Å². The van der Waals surface area contributed by atoms with Crippen LogP contribution >= 0.6 is 0 Å². The fourth-order valence-electron chi connectivity index (χ4n) is 9.71. The Balaban J connectivity index is 1.28. The molecular weight excluding hydrogens is 634 g/mol. The zero-order valence-corrected chi connectivity index (χ0v) is 28.4. The summed E-state index contributed by atoms with van der Waals surface area (Å²) in [4.78, 5) is 40.7. The van der Waals surface area contributed by atoms with Gasteiger partial charge in [0.2, 0.25) is 5.78 Å². The van der Waals surface area contributed by atoms with E-state index in [4.69, 9.17) is 14.2 Å². The van der Waals surface area contributed by atoms with Crippen LogP contribution in [0.5, 0.6) is 17.2 Å². The number of aliphatic hydroxyl groups excluding tert-OH is 2. The number of aliphatic hydroxyl groups is 3. The first-order valence-electron chi connectivity index (χ1n) is 17.1. The number of carbonyl (C=O) groups is 3. The molecule has 12 nitrogen and oxygen atoms in total. The number of benzene rings is 2. The molecule has 7 unspecified atom stereocenters. The molecule has 6 aliphatic rings. The summed E-state index contributed by atoms with van der Waals surface area (Å²) in [5.41, 5.74) is -3.65. The second-order valence-electron chi connectivity index (χ2n) is 15.3. The lowest BCUT2D eigenvalue weighted by atomic mass is 9.41. The second-order valence-corrected chi connectivity index (χ2v) is 15.3. The van der Waals surface area contributed by atoms with E-state index in [0.29, 0.717) is 11.8 Å². The van der Waals surface area contributed by atoms with Crippen molar-refractivity contribution in [1.29, 1.82) is 0 Å². The van der Waals surface area contributed by atoms with Crippen LogP contribution in [0.3, 0.4) is 0 Å². The van der Waals surface area contributed by atoms with Gasteiger partial charge in [0.1, 0.15) is 29.5 Å². The molecule has 0 spiro atoms. The first-order valence-corrected chi connectivity index (χ1v) is 17.1. The maximum Gasteiger partial charge on any atom is 0.202 e. The van der Waals surface area contributed by atoms with Gasteiger partial charge in [0.25, 0.3) is 0 Å². The maximum atomic E-state index is 14.0. The number of rotatable bonds is 7. The molecule has 2 aromatic rings. The molecule has 5 aliphatic carbocycles. The molecule has 264 valence electrons. The number of aromatic hydroxyl groups is 2. The van der Waals surface area contributed by atoms with E-state index in [0.717, 1.165) is 12.8 Å². The lowest BCUT2D eigenvalue weighted by Crippen LogP contribution is -2.77. The molecule has 1 heterocycles. The monoisotopic (exact) mass is 679 g/mol. The van der Waals surface area contributed by atoms with Crippen LogP contribution in [0.15, 0.2) is 18.2 Å². The summed E-state index contributed by atoms with van der Waals surface area (Å²) in [6.45, 7) is 7.48. The Morgan fingerprint density at radius 1 is 1.04 bits per heavy atom. The zero-order chi connectivity index (χ0) is 35.4. The smallest absolute Gasteiger partial charge is 0.202 e. The molecule has 3 saturated carbocycles. The highest BCUT2D eigenvalue weighted by atomic mass is 16.7. The van der Waals surface area contributed by atoms with Gasteiger partial charge in [0, 0.05) is 47.5 Å². The molecule has 12 heteroatoms. The summed E-state index contributed by atoms with van der Waals surface area (Å²) in [6, 6.07) is 4.00. The predicted octanol–water partition coefficient (Wildman–Crippen LogP) is 2.85. The van der Waals surface area contributed by atoms with Crippen LogP contribution in [-0.4, -0.2) is 92.3 Å². The van der Waals surface area contributed by atoms with Crippen LogP contribution < -0.4 is 10.1 Å². The Kier molecular flexibility index (Phi) is 8.05. The molecule has 2 bridgehead atoms. The Bertz CT molecular complexity index is 1750. The van der Waals surface area contributed by atoms with Crippen LogP contribution in [0.1, 0.15) is 109 Å². The van der Waals surface area contributed by atoms with Crippen molar-refractivity contribution < 1.29 is 54.1 Å². The van der Waals surface area contributed by atoms with Gasteiger partial charge in [0.05, 0.1) is 42.1 Å². The molecule has 2 aromatic carbocycles. The van der Waals surface area contributed by atoms with Gasteiger partial charge in [-0.2, -0.15) is 0 Å². The number of fused-ring (bicyclic) bond motifs is 5. The van der Waals surface area contributed by atoms with Crippen molar-refractivity contribution in [1.82, 2.24) is 5.32 Å². The number of hydrogen-bond donors (Lipinski definition) is 6. The molecule has 0 radical (unpaired) electrons. The van der Waals surface area contributed by atoms with E-state index in [1.165, 1.54) is 31.7 Å². The van der Waals surface area contributed by atoms with Crippen molar-refractivity contribution in [3.8, 4) is 17.2 Å². The fourth-order valence-corrected chi connectivity index (χ4v) is 9.71. The molecule has 1 aliphatic heterocycles. The van der Waals surface area contributed by atoms with E-state index in [1.54, 1.807) is 6.92 Å². The number of ketones is 3. The van der Waals surface area contributed by atoms with Crippen molar-refractivity contribution in [3.63, 3.8) is 0 Å². The number of ether oxygens (including phenoxy) is 3. The minimum atomic E-state index is -2.24. The SMILES string of the molecule is COc1cccc2c1C(=O)c1c(O)c3c(c(O)c1C2=O)C[C@@](O)(C(=O)CO)C[C@@H]3OC1CC(NC23CC(CCC2C)C3(C)C)C(O)C(C)O1. The standard InChI is InChI=1S/C37H45NO11/c1-16-9-10-18-12-37(16,35(18,3)4)38-21-11-25(48-17(2)30(21)41)49-23-14-36(46,24(40)15-39)13-20-27(23)34(45)29-28(32(20)43)31(42)19-7-6-8-22(47-5)26(19)33(29)44/h6-8,16-18,21,23,25,30,38-39,41,43,45-46H,9-15H2,1-5H3/t16?,17?,18?,21?,23-,25?,30?,36-,37?/m0/s1.